The predicted molar refractivity (Wildman–Crippen MR) is 346 cm³/mol. The third kappa shape index (κ3) is 7.32. The van der Waals surface area contributed by atoms with Gasteiger partial charge in [0.25, 0.3) is 11.4 Å². The first kappa shape index (κ1) is 53.7. The molecule has 0 fully saturated rings. The summed E-state index contributed by atoms with van der Waals surface area (Å²) < 4.78 is 42.3. The van der Waals surface area contributed by atoms with Crippen molar-refractivity contribution in [2.45, 2.75) is 38.5 Å². The van der Waals surface area contributed by atoms with Crippen molar-refractivity contribution in [3.05, 3.63) is 339 Å². The molecule has 88 heavy (non-hydrogen) atoms. The molecule has 10 heteroatoms. The van der Waals surface area contributed by atoms with Crippen LogP contribution in [0.5, 0.6) is 0 Å². The van der Waals surface area contributed by atoms with Crippen LogP contribution in [0.4, 0.5) is 8.78 Å². The third-order valence-corrected chi connectivity index (χ3v) is 20.5. The topological polar surface area (TPSA) is 90.4 Å². The second-order valence-electron chi connectivity index (χ2n) is 23.0. The van der Waals surface area contributed by atoms with Crippen molar-refractivity contribution in [1.82, 2.24) is 0 Å². The highest BCUT2D eigenvalue weighted by atomic mass is 32.1. The molecule has 4 aliphatic rings. The summed E-state index contributed by atoms with van der Waals surface area (Å²) >= 11 is 2.75. The zero-order chi connectivity index (χ0) is 60.7. The van der Waals surface area contributed by atoms with Crippen LogP contribution < -0.4 is 0 Å². The molecule has 2 heterocycles. The van der Waals surface area contributed by atoms with Gasteiger partial charge in [0.05, 0.1) is 36.1 Å². The van der Waals surface area contributed by atoms with Crippen molar-refractivity contribution in [3.8, 4) is 33.0 Å². The monoisotopic (exact) mass is 1170 g/mol. The van der Waals surface area contributed by atoms with E-state index in [-0.39, 0.29) is 67.5 Å². The van der Waals surface area contributed by atoms with Gasteiger partial charge in [-0.1, -0.05) is 192 Å². The minimum Gasteiger partial charge on any atom is -0.289 e. The van der Waals surface area contributed by atoms with Crippen molar-refractivity contribution in [2.24, 2.45) is 0 Å². The fraction of sp³-hybridized carbons (Fsp3) is 0.0769. The van der Waals surface area contributed by atoms with E-state index in [1.165, 1.54) is 22.7 Å². The molecule has 0 unspecified atom stereocenters. The van der Waals surface area contributed by atoms with Crippen LogP contribution in [0.25, 0.3) is 74.0 Å². The molecule has 0 saturated heterocycles. The number of ketones is 2. The molecule has 6 nitrogen and oxygen atoms in total. The van der Waals surface area contributed by atoms with Crippen LogP contribution in [0.2, 0.25) is 0 Å². The number of hydrogen-bond acceptors (Lipinski definition) is 6. The van der Waals surface area contributed by atoms with E-state index < -0.39 is 22.5 Å². The molecule has 9 aromatic carbocycles. The van der Waals surface area contributed by atoms with E-state index in [0.717, 1.165) is 75.8 Å². The van der Waals surface area contributed by atoms with Gasteiger partial charge < -0.3 is 0 Å². The zero-order valence-corrected chi connectivity index (χ0v) is 49.3. The number of nitriles is 2. The Morgan fingerprint density at radius 2 is 0.773 bits per heavy atom. The lowest BCUT2D eigenvalue weighted by Gasteiger charge is -2.36. The molecule has 0 atom stereocenters. The lowest BCUT2D eigenvalue weighted by Crippen LogP contribution is -2.32. The summed E-state index contributed by atoms with van der Waals surface area (Å²) in [5, 5.41) is 21.9. The average molecular weight is 1170 g/mol. The quantitative estimate of drug-likeness (QED) is 0.0942. The Hall–Kier alpha value is -11.0. The molecular weight excluding hydrogens is 1130 g/mol. The number of allylic oxidation sites excluding steroid dienone is 6. The molecule has 414 valence electrons. The van der Waals surface area contributed by atoms with E-state index >= 15 is 8.78 Å². The maximum absolute atomic E-state index is 20.4. The number of aryl methyl sites for hydroxylation is 4. The number of fused-ring (bicyclic) bond motifs is 12. The van der Waals surface area contributed by atoms with Gasteiger partial charge in [-0.15, -0.1) is 22.7 Å². The number of hydrogen-bond donors (Lipinski definition) is 0. The smallest absolute Gasteiger partial charge is 0.270 e. The molecule has 0 amide bonds. The Kier molecular flexibility index (Phi) is 12.1. The van der Waals surface area contributed by atoms with Gasteiger partial charge in [0.2, 0.25) is 0 Å². The minimum absolute atomic E-state index is 0.162. The summed E-state index contributed by atoms with van der Waals surface area (Å²) in [6.45, 7) is 23.9. The number of halogens is 2. The van der Waals surface area contributed by atoms with Gasteiger partial charge in [-0.3, -0.25) is 9.59 Å². The molecule has 4 aliphatic carbocycles. The first-order chi connectivity index (χ1) is 42.8. The molecule has 11 aromatic rings. The first-order valence-electron chi connectivity index (χ1n) is 28.5. The van der Waals surface area contributed by atoms with Crippen molar-refractivity contribution in [3.63, 3.8) is 0 Å². The van der Waals surface area contributed by atoms with E-state index in [4.69, 9.17) is 13.1 Å². The third-order valence-electron chi connectivity index (χ3n) is 18.1. The number of thiophene rings is 2. The number of benzene rings is 9. The van der Waals surface area contributed by atoms with Crippen LogP contribution in [-0.4, -0.2) is 11.6 Å². The number of carbonyl (C=O) groups is 2. The summed E-state index contributed by atoms with van der Waals surface area (Å²) in [7, 11) is 0. The zero-order valence-electron chi connectivity index (χ0n) is 47.7. The standard InChI is InChI=1S/C78H44F2N4O2S2/c1-41-15-25-47(26-16-41)77(48-27-17-42(2)18-28-48)67-55-33-23-45(35-57-63(59(39-81)83-5)51-11-7-9-13-53(51)73(57)85)37-61(55)87-75(67)65-69(77)71(79)66-70(72(65)80)78(49-29-19-43(3)20-30-49,50-31-21-44(4)22-32-50)68-56-34-24-46(38-62(56)88-76(66)68)36-58-64(60(40-82)84-6)52-12-8-10-14-54(52)74(58)86/h7-38H,1-4H3/b57-35-,58-36-,63-59-,64-60+. The van der Waals surface area contributed by atoms with Crippen molar-refractivity contribution < 1.29 is 18.4 Å². The second-order valence-corrected chi connectivity index (χ2v) is 25.1. The highest BCUT2D eigenvalue weighted by Gasteiger charge is 2.58. The molecule has 0 radical (unpaired) electrons. The predicted octanol–water partition coefficient (Wildman–Crippen LogP) is 19.2. The molecule has 15 rings (SSSR count). The highest BCUT2D eigenvalue weighted by molar-refractivity contribution is 7.23. The van der Waals surface area contributed by atoms with Crippen molar-refractivity contribution >= 4 is 77.7 Å². The maximum atomic E-state index is 20.4. The Labute approximate surface area is 514 Å². The van der Waals surface area contributed by atoms with E-state index in [2.05, 4.69) is 9.69 Å². The lowest BCUT2D eigenvalue weighted by atomic mass is 9.64. The van der Waals surface area contributed by atoms with Crippen LogP contribution in [-0.2, 0) is 10.8 Å². The number of Topliss-reactive ketones (excluding diaryl/α,β-unsaturated/α-hetero) is 2. The fourth-order valence-corrected chi connectivity index (χ4v) is 17.0. The van der Waals surface area contributed by atoms with Gasteiger partial charge in [0.15, 0.2) is 11.6 Å². The highest BCUT2D eigenvalue weighted by Crippen LogP contribution is 2.69. The molecule has 0 spiro atoms. The second kappa shape index (κ2) is 19.8. The average Bonchev–Trinajstić information content (AvgIpc) is 1.48. The van der Waals surface area contributed by atoms with Crippen molar-refractivity contribution in [2.75, 3.05) is 0 Å². The van der Waals surface area contributed by atoms with Gasteiger partial charge in [0, 0.05) is 74.8 Å². The normalized spacial score (nSPS) is 16.6. The van der Waals surface area contributed by atoms with Gasteiger partial charge in [-0.25, -0.2) is 29.0 Å². The largest absolute Gasteiger partial charge is 0.289 e. The summed E-state index contributed by atoms with van der Waals surface area (Å²) in [5.74, 6) is -1.71. The minimum atomic E-state index is -1.44. The van der Waals surface area contributed by atoms with Crippen LogP contribution >= 0.6 is 22.7 Å². The molecular formula is C78H44F2N4O2S2. The summed E-state index contributed by atoms with van der Waals surface area (Å²) in [4.78, 5) is 36.7. The molecule has 2 aromatic heterocycles. The van der Waals surface area contributed by atoms with E-state index in [0.29, 0.717) is 43.1 Å². The number of rotatable bonds is 6. The van der Waals surface area contributed by atoms with Gasteiger partial charge in [-0.2, -0.15) is 0 Å². The van der Waals surface area contributed by atoms with Crippen LogP contribution in [0.1, 0.15) is 110 Å². The maximum Gasteiger partial charge on any atom is 0.270 e. The van der Waals surface area contributed by atoms with E-state index in [1.807, 2.05) is 173 Å². The van der Waals surface area contributed by atoms with E-state index in [9.17, 15) is 20.1 Å². The summed E-state index contributed by atoms with van der Waals surface area (Å²) in [5.41, 5.74) is 9.91. The van der Waals surface area contributed by atoms with Crippen LogP contribution in [0.15, 0.2) is 205 Å². The SMILES string of the molecule is [C-]#[N+]/C(C#N)=C1\C(=C\c2ccc3c4c(sc3c2)-c2c(F)c3c(c(F)c2C4(c2ccc(C)cc2)c2ccc(C)cc2)-c2sc4cc(/C=C5\C(=O)c6ccccc6\C5=C(\C#N)[N+]#[C-])ccc4c2C3(c2ccc(C)cc2)c2ccc(C)cc2)C(=O)c2ccccc21. The van der Waals surface area contributed by atoms with Gasteiger partial charge in [-0.05, 0) is 118 Å². The fourth-order valence-electron chi connectivity index (χ4n) is 14.3. The number of nitrogens with zero attached hydrogens (tertiary/aromatic N) is 4. The van der Waals surface area contributed by atoms with Crippen molar-refractivity contribution in [1.29, 1.82) is 10.5 Å². The van der Waals surface area contributed by atoms with Gasteiger partial charge >= 0.3 is 0 Å². The first-order valence-corrected chi connectivity index (χ1v) is 30.1. The number of carbonyl (C=O) groups excluding carboxylic acids is 2. The lowest BCUT2D eigenvalue weighted by molar-refractivity contribution is 0.103. The Balaban J connectivity index is 1.05. The molecule has 0 N–H and O–H groups in total. The Bertz CT molecular complexity index is 4880. The summed E-state index contributed by atoms with van der Waals surface area (Å²) in [6.07, 6.45) is 3.45. The van der Waals surface area contributed by atoms with E-state index in [1.54, 1.807) is 60.7 Å². The van der Waals surface area contributed by atoms with Crippen LogP contribution in [0, 0.1) is 75.1 Å². The molecule has 0 aliphatic heterocycles. The van der Waals surface area contributed by atoms with Gasteiger partial charge in [0.1, 0.15) is 11.6 Å². The Morgan fingerprint density at radius 3 is 1.08 bits per heavy atom. The Morgan fingerprint density at radius 1 is 0.455 bits per heavy atom. The molecule has 0 saturated carbocycles. The summed E-state index contributed by atoms with van der Waals surface area (Å²) in [6, 6.07) is 62.0. The molecule has 0 bridgehead atoms. The van der Waals surface area contributed by atoms with Crippen LogP contribution in [0.3, 0.4) is 0 Å².